The predicted octanol–water partition coefficient (Wildman–Crippen LogP) is 0.757. The van der Waals surface area contributed by atoms with Crippen LogP contribution in [0, 0.1) is 0 Å². The molecule has 0 bridgehead atoms. The van der Waals surface area contributed by atoms with E-state index in [1.807, 2.05) is 19.1 Å². The van der Waals surface area contributed by atoms with Gasteiger partial charge in [-0.15, -0.1) is 0 Å². The highest BCUT2D eigenvalue weighted by Gasteiger charge is 2.22. The van der Waals surface area contributed by atoms with Crippen molar-refractivity contribution in [3.05, 3.63) is 29.8 Å². The number of fused-ring (bicyclic) bond motifs is 1. The molecule has 1 aliphatic rings. The standard InChI is InChI=1S/C12H18N2O/c1-9(15)7-14-8-11(13)6-10-4-2-3-5-12(10)14/h2-5,9,11,15H,6-8,13H2,1H3/t9-,11?/m1/s1. The van der Waals surface area contributed by atoms with Gasteiger partial charge in [-0.25, -0.2) is 0 Å². The minimum atomic E-state index is -0.316. The van der Waals surface area contributed by atoms with E-state index in [0.717, 1.165) is 13.0 Å². The molecule has 3 heteroatoms. The summed E-state index contributed by atoms with van der Waals surface area (Å²) in [5, 5.41) is 9.43. The van der Waals surface area contributed by atoms with Crippen LogP contribution in [0.2, 0.25) is 0 Å². The predicted molar refractivity (Wildman–Crippen MR) is 62.0 cm³/mol. The summed E-state index contributed by atoms with van der Waals surface area (Å²) in [7, 11) is 0. The quantitative estimate of drug-likeness (QED) is 0.751. The molecule has 82 valence electrons. The molecule has 1 aromatic carbocycles. The monoisotopic (exact) mass is 206 g/mol. The average Bonchev–Trinajstić information content (AvgIpc) is 2.16. The summed E-state index contributed by atoms with van der Waals surface area (Å²) in [6.45, 7) is 3.30. The van der Waals surface area contributed by atoms with Crippen LogP contribution in [0.25, 0.3) is 0 Å². The topological polar surface area (TPSA) is 49.5 Å². The van der Waals surface area contributed by atoms with E-state index in [0.29, 0.717) is 6.54 Å². The number of β-amino-alcohol motifs (C(OH)–C–C–N with tert-alkyl or cyclic N) is 1. The maximum absolute atomic E-state index is 9.43. The summed E-state index contributed by atoms with van der Waals surface area (Å²) in [6.07, 6.45) is 0.621. The van der Waals surface area contributed by atoms with Crippen LogP contribution in [0.5, 0.6) is 0 Å². The molecule has 0 aliphatic carbocycles. The molecule has 0 radical (unpaired) electrons. The molecule has 2 atom stereocenters. The van der Waals surface area contributed by atoms with Crippen molar-refractivity contribution in [2.75, 3.05) is 18.0 Å². The SMILES string of the molecule is C[C@@H](O)CN1CC(N)Cc2ccccc21. The Bertz CT molecular complexity index is 338. The zero-order chi connectivity index (χ0) is 10.8. The molecule has 0 aromatic heterocycles. The molecule has 0 saturated carbocycles. The fraction of sp³-hybridized carbons (Fsp3) is 0.500. The molecule has 1 unspecified atom stereocenters. The third-order valence-electron chi connectivity index (χ3n) is 2.75. The summed E-state index contributed by atoms with van der Waals surface area (Å²) in [5.41, 5.74) is 8.50. The number of anilines is 1. The van der Waals surface area contributed by atoms with Gasteiger partial charge in [0.15, 0.2) is 0 Å². The number of hydrogen-bond donors (Lipinski definition) is 2. The van der Waals surface area contributed by atoms with Gasteiger partial charge in [0.1, 0.15) is 0 Å². The molecule has 1 heterocycles. The van der Waals surface area contributed by atoms with E-state index in [2.05, 4.69) is 17.0 Å². The molecule has 3 nitrogen and oxygen atoms in total. The number of aliphatic hydroxyl groups excluding tert-OH is 1. The first-order valence-corrected chi connectivity index (χ1v) is 5.43. The van der Waals surface area contributed by atoms with Crippen LogP contribution in [0.4, 0.5) is 5.69 Å². The van der Waals surface area contributed by atoms with Crippen LogP contribution in [0.3, 0.4) is 0 Å². The number of rotatable bonds is 2. The average molecular weight is 206 g/mol. The normalized spacial score (nSPS) is 22.3. The number of aliphatic hydroxyl groups is 1. The highest BCUT2D eigenvalue weighted by molar-refractivity contribution is 5.56. The lowest BCUT2D eigenvalue weighted by molar-refractivity contribution is 0.199. The van der Waals surface area contributed by atoms with Crippen molar-refractivity contribution in [1.82, 2.24) is 0 Å². The van der Waals surface area contributed by atoms with Crippen LogP contribution in [-0.2, 0) is 6.42 Å². The molecular weight excluding hydrogens is 188 g/mol. The maximum atomic E-state index is 9.43. The Hall–Kier alpha value is -1.06. The zero-order valence-corrected chi connectivity index (χ0v) is 9.06. The summed E-state index contributed by atoms with van der Waals surface area (Å²) in [5.74, 6) is 0. The minimum Gasteiger partial charge on any atom is -0.392 e. The highest BCUT2D eigenvalue weighted by atomic mass is 16.3. The molecule has 0 spiro atoms. The van der Waals surface area contributed by atoms with Gasteiger partial charge in [-0.1, -0.05) is 18.2 Å². The fourth-order valence-corrected chi connectivity index (χ4v) is 2.21. The second-order valence-electron chi connectivity index (χ2n) is 4.35. The van der Waals surface area contributed by atoms with Crippen molar-refractivity contribution in [2.24, 2.45) is 5.73 Å². The van der Waals surface area contributed by atoms with Gasteiger partial charge >= 0.3 is 0 Å². The van der Waals surface area contributed by atoms with Crippen LogP contribution < -0.4 is 10.6 Å². The van der Waals surface area contributed by atoms with E-state index in [1.165, 1.54) is 11.3 Å². The summed E-state index contributed by atoms with van der Waals surface area (Å²) in [6, 6.07) is 8.47. The van der Waals surface area contributed by atoms with Crippen molar-refractivity contribution in [3.8, 4) is 0 Å². The van der Waals surface area contributed by atoms with Crippen LogP contribution in [0.1, 0.15) is 12.5 Å². The molecular formula is C12H18N2O. The molecule has 15 heavy (non-hydrogen) atoms. The van der Waals surface area contributed by atoms with Crippen molar-refractivity contribution in [2.45, 2.75) is 25.5 Å². The van der Waals surface area contributed by atoms with E-state index in [1.54, 1.807) is 0 Å². The number of para-hydroxylation sites is 1. The van der Waals surface area contributed by atoms with Crippen molar-refractivity contribution in [1.29, 1.82) is 0 Å². The van der Waals surface area contributed by atoms with Gasteiger partial charge in [-0.3, -0.25) is 0 Å². The van der Waals surface area contributed by atoms with Crippen molar-refractivity contribution in [3.63, 3.8) is 0 Å². The first kappa shape index (κ1) is 10.5. The highest BCUT2D eigenvalue weighted by Crippen LogP contribution is 2.26. The molecule has 0 saturated heterocycles. The number of nitrogens with two attached hydrogens (primary N) is 1. The fourth-order valence-electron chi connectivity index (χ4n) is 2.21. The Morgan fingerprint density at radius 1 is 1.53 bits per heavy atom. The van der Waals surface area contributed by atoms with E-state index >= 15 is 0 Å². The summed E-state index contributed by atoms with van der Waals surface area (Å²) < 4.78 is 0. The molecule has 1 aromatic rings. The molecule has 0 fully saturated rings. The maximum Gasteiger partial charge on any atom is 0.0687 e. The van der Waals surface area contributed by atoms with E-state index in [-0.39, 0.29) is 12.1 Å². The Morgan fingerprint density at radius 3 is 3.00 bits per heavy atom. The van der Waals surface area contributed by atoms with Gasteiger partial charge in [-0.05, 0) is 25.0 Å². The van der Waals surface area contributed by atoms with Crippen LogP contribution in [-0.4, -0.2) is 30.3 Å². The van der Waals surface area contributed by atoms with E-state index < -0.39 is 0 Å². The molecule has 3 N–H and O–H groups in total. The van der Waals surface area contributed by atoms with Crippen LogP contribution >= 0.6 is 0 Å². The first-order valence-electron chi connectivity index (χ1n) is 5.43. The lowest BCUT2D eigenvalue weighted by atomic mass is 9.98. The summed E-state index contributed by atoms with van der Waals surface area (Å²) >= 11 is 0. The number of hydrogen-bond acceptors (Lipinski definition) is 3. The Kier molecular flexibility index (Phi) is 2.93. The Balaban J connectivity index is 2.26. The Labute approximate surface area is 90.5 Å². The largest absolute Gasteiger partial charge is 0.392 e. The smallest absolute Gasteiger partial charge is 0.0687 e. The lowest BCUT2D eigenvalue weighted by Crippen LogP contribution is -2.45. The van der Waals surface area contributed by atoms with Gasteiger partial charge in [0.2, 0.25) is 0 Å². The van der Waals surface area contributed by atoms with E-state index in [9.17, 15) is 5.11 Å². The third kappa shape index (κ3) is 2.30. The van der Waals surface area contributed by atoms with Crippen molar-refractivity contribution < 1.29 is 5.11 Å². The van der Waals surface area contributed by atoms with Crippen LogP contribution in [0.15, 0.2) is 24.3 Å². The molecule has 1 aliphatic heterocycles. The summed E-state index contributed by atoms with van der Waals surface area (Å²) in [4.78, 5) is 2.17. The van der Waals surface area contributed by atoms with Gasteiger partial charge in [0.25, 0.3) is 0 Å². The second-order valence-corrected chi connectivity index (χ2v) is 4.35. The van der Waals surface area contributed by atoms with Gasteiger partial charge < -0.3 is 15.7 Å². The molecule has 0 amide bonds. The third-order valence-corrected chi connectivity index (χ3v) is 2.75. The Morgan fingerprint density at radius 2 is 2.27 bits per heavy atom. The van der Waals surface area contributed by atoms with E-state index in [4.69, 9.17) is 5.73 Å². The number of benzene rings is 1. The second kappa shape index (κ2) is 4.21. The van der Waals surface area contributed by atoms with Gasteiger partial charge in [-0.2, -0.15) is 0 Å². The van der Waals surface area contributed by atoms with Gasteiger partial charge in [0, 0.05) is 24.8 Å². The van der Waals surface area contributed by atoms with Gasteiger partial charge in [0.05, 0.1) is 6.10 Å². The minimum absolute atomic E-state index is 0.179. The first-order chi connectivity index (χ1) is 7.16. The lowest BCUT2D eigenvalue weighted by Gasteiger charge is -2.35. The zero-order valence-electron chi connectivity index (χ0n) is 9.06. The van der Waals surface area contributed by atoms with Crippen molar-refractivity contribution >= 4 is 5.69 Å². The number of nitrogens with zero attached hydrogens (tertiary/aromatic N) is 1. The molecule has 2 rings (SSSR count).